The van der Waals surface area contributed by atoms with Crippen LogP contribution in [0.4, 0.5) is 0 Å². The first-order valence-corrected chi connectivity index (χ1v) is 9.70. The topological polar surface area (TPSA) is 161 Å². The average Bonchev–Trinajstić information content (AvgIpc) is 3.14. The molecule has 3 heterocycles. The summed E-state index contributed by atoms with van der Waals surface area (Å²) in [6.07, 6.45) is -4.33. The molecule has 1 fully saturated rings. The van der Waals surface area contributed by atoms with Crippen molar-refractivity contribution in [3.8, 4) is 0 Å². The molecule has 0 unspecified atom stereocenters. The number of hydrogen-bond donors (Lipinski definition) is 1. The van der Waals surface area contributed by atoms with Crippen molar-refractivity contribution in [2.45, 2.75) is 51.4 Å². The molecule has 0 aromatic carbocycles. The fraction of sp³-hybridized carbons (Fsp3) is 0.500. The van der Waals surface area contributed by atoms with Crippen molar-refractivity contribution >= 4 is 47.3 Å². The van der Waals surface area contributed by atoms with Gasteiger partial charge in [0.25, 0.3) is 0 Å². The Morgan fingerprint density at radius 3 is 2.19 bits per heavy atom. The minimum absolute atomic E-state index is 0.191. The van der Waals surface area contributed by atoms with Crippen LogP contribution in [0.2, 0.25) is 0 Å². The second-order valence-electron chi connectivity index (χ2n) is 6.75. The lowest BCUT2D eigenvalue weighted by Gasteiger charge is -2.43. The molecule has 3 rings (SSSR count). The van der Waals surface area contributed by atoms with E-state index in [1.165, 1.54) is 17.2 Å². The number of ether oxygens (including phenoxy) is 5. The van der Waals surface area contributed by atoms with Crippen molar-refractivity contribution in [3.05, 3.63) is 17.3 Å². The summed E-state index contributed by atoms with van der Waals surface area (Å²) >= 11 is 5.16. The molecule has 1 aliphatic rings. The van der Waals surface area contributed by atoms with Gasteiger partial charge in [0.2, 0.25) is 0 Å². The van der Waals surface area contributed by atoms with Crippen LogP contribution in [0.1, 0.15) is 27.0 Å². The van der Waals surface area contributed by atoms with Crippen molar-refractivity contribution in [1.82, 2.24) is 19.5 Å². The Balaban J connectivity index is 2.19. The Kier molecular flexibility index (Phi) is 6.84. The van der Waals surface area contributed by atoms with Crippen molar-refractivity contribution < 1.29 is 42.9 Å². The SMILES string of the molecule is COC(=O)[C@@H]1O[C@H](n2cnc3c(=S)nc[nH]c32)[C@H](OC(C)=O)[C@H](OC(C)=O)[C@@H]1OC(C)=O. The molecule has 172 valence electrons. The number of carbonyl (C=O) groups excluding carboxylic acids is 4. The lowest BCUT2D eigenvalue weighted by molar-refractivity contribution is -0.262. The zero-order valence-electron chi connectivity index (χ0n) is 17.5. The van der Waals surface area contributed by atoms with Crippen LogP contribution in [0.25, 0.3) is 11.2 Å². The van der Waals surface area contributed by atoms with Crippen molar-refractivity contribution in [2.24, 2.45) is 0 Å². The third-order valence-electron chi connectivity index (χ3n) is 4.51. The van der Waals surface area contributed by atoms with Gasteiger partial charge in [0.15, 0.2) is 35.3 Å². The van der Waals surface area contributed by atoms with E-state index in [-0.39, 0.29) is 4.64 Å². The van der Waals surface area contributed by atoms with Gasteiger partial charge in [-0.1, -0.05) is 12.2 Å². The highest BCUT2D eigenvalue weighted by Gasteiger charge is 2.55. The third-order valence-corrected chi connectivity index (χ3v) is 4.81. The van der Waals surface area contributed by atoms with Gasteiger partial charge < -0.3 is 28.7 Å². The van der Waals surface area contributed by atoms with E-state index in [1.54, 1.807) is 0 Å². The van der Waals surface area contributed by atoms with E-state index in [9.17, 15) is 19.2 Å². The van der Waals surface area contributed by atoms with Crippen LogP contribution in [0.5, 0.6) is 0 Å². The number of rotatable bonds is 5. The minimum atomic E-state index is -1.52. The van der Waals surface area contributed by atoms with Crippen molar-refractivity contribution in [2.75, 3.05) is 7.11 Å². The van der Waals surface area contributed by atoms with Crippen molar-refractivity contribution in [3.63, 3.8) is 0 Å². The van der Waals surface area contributed by atoms with Gasteiger partial charge in [-0.25, -0.2) is 14.8 Å². The van der Waals surface area contributed by atoms with Crippen LogP contribution in [0.3, 0.4) is 0 Å². The number of carbonyl (C=O) groups is 4. The summed E-state index contributed by atoms with van der Waals surface area (Å²) in [6.45, 7) is 3.35. The molecule has 0 radical (unpaired) electrons. The molecule has 2 aromatic rings. The predicted octanol–water partition coefficient (Wildman–Crippen LogP) is 0.354. The first kappa shape index (κ1) is 23.3. The van der Waals surface area contributed by atoms with Gasteiger partial charge >= 0.3 is 23.9 Å². The summed E-state index contributed by atoms with van der Waals surface area (Å²) in [7, 11) is 1.11. The first-order valence-electron chi connectivity index (χ1n) is 9.29. The number of aromatic nitrogens is 4. The van der Waals surface area contributed by atoms with E-state index in [2.05, 4.69) is 15.0 Å². The van der Waals surface area contributed by atoms with Gasteiger partial charge in [0, 0.05) is 20.8 Å². The molecule has 1 N–H and O–H groups in total. The maximum Gasteiger partial charge on any atom is 0.339 e. The minimum Gasteiger partial charge on any atom is -0.467 e. The largest absolute Gasteiger partial charge is 0.467 e. The molecular weight excluding hydrogens is 448 g/mol. The standard InChI is InChI=1S/C18H20N4O9S/c1-7(23)28-11-12(29-8(2)24)14(18(26)27-4)31-17(13(11)30-9(3)25)22-6-21-10-15(22)19-5-20-16(10)32/h5-6,11-14,17H,1-4H3,(H,19,20,32)/t11-,12+,13-,14-,17+/m1/s1. The van der Waals surface area contributed by atoms with Crippen LogP contribution in [-0.2, 0) is 42.9 Å². The molecule has 0 saturated carbocycles. The number of nitrogens with zero attached hydrogens (tertiary/aromatic N) is 3. The maximum atomic E-state index is 12.5. The molecule has 32 heavy (non-hydrogen) atoms. The predicted molar refractivity (Wildman–Crippen MR) is 105 cm³/mol. The smallest absolute Gasteiger partial charge is 0.339 e. The molecular formula is C18H20N4O9S. The Bertz CT molecular complexity index is 1110. The highest BCUT2D eigenvalue weighted by atomic mass is 32.1. The summed E-state index contributed by atoms with van der Waals surface area (Å²) < 4.78 is 28.3. The number of esters is 4. The fourth-order valence-electron chi connectivity index (χ4n) is 3.39. The number of aromatic amines is 1. The Labute approximate surface area is 186 Å². The number of hydrogen-bond acceptors (Lipinski definition) is 12. The zero-order valence-corrected chi connectivity index (χ0v) is 18.3. The van der Waals surface area contributed by atoms with E-state index >= 15 is 0 Å². The number of methoxy groups -OCH3 is 1. The Hall–Kier alpha value is -3.39. The highest BCUT2D eigenvalue weighted by Crippen LogP contribution is 2.36. The molecule has 1 aliphatic heterocycles. The van der Waals surface area contributed by atoms with E-state index in [0.717, 1.165) is 27.9 Å². The second-order valence-corrected chi connectivity index (χ2v) is 7.14. The van der Waals surface area contributed by atoms with Crippen LogP contribution in [0.15, 0.2) is 12.7 Å². The monoisotopic (exact) mass is 468 g/mol. The lowest BCUT2D eigenvalue weighted by Crippen LogP contribution is -2.61. The zero-order chi connectivity index (χ0) is 23.6. The number of imidazole rings is 1. The van der Waals surface area contributed by atoms with Gasteiger partial charge in [-0.05, 0) is 0 Å². The molecule has 0 bridgehead atoms. The van der Waals surface area contributed by atoms with Gasteiger partial charge in [0.1, 0.15) is 11.2 Å². The maximum absolute atomic E-state index is 12.5. The van der Waals surface area contributed by atoms with Gasteiger partial charge in [0.05, 0.1) is 19.8 Å². The molecule has 0 spiro atoms. The molecule has 14 heteroatoms. The quantitative estimate of drug-likeness (QED) is 0.365. The molecule has 1 saturated heterocycles. The summed E-state index contributed by atoms with van der Waals surface area (Å²) in [5.41, 5.74) is 0.650. The summed E-state index contributed by atoms with van der Waals surface area (Å²) in [6, 6.07) is 0. The van der Waals surface area contributed by atoms with Gasteiger partial charge in [-0.15, -0.1) is 0 Å². The number of nitrogens with one attached hydrogen (secondary N) is 1. The molecule has 0 aliphatic carbocycles. The Morgan fingerprint density at radius 1 is 1.00 bits per heavy atom. The third kappa shape index (κ3) is 4.60. The molecule has 0 amide bonds. The lowest BCUT2D eigenvalue weighted by atomic mass is 9.96. The van der Waals surface area contributed by atoms with Crippen LogP contribution in [0, 0.1) is 4.64 Å². The summed E-state index contributed by atoms with van der Waals surface area (Å²) in [5, 5.41) is 0. The summed E-state index contributed by atoms with van der Waals surface area (Å²) in [5.74, 6) is -3.20. The van der Waals surface area contributed by atoms with E-state index < -0.39 is 54.5 Å². The first-order chi connectivity index (χ1) is 15.1. The average molecular weight is 468 g/mol. The van der Waals surface area contributed by atoms with Gasteiger partial charge in [-0.3, -0.25) is 19.0 Å². The van der Waals surface area contributed by atoms with Gasteiger partial charge in [-0.2, -0.15) is 0 Å². The number of fused-ring (bicyclic) bond motifs is 1. The highest BCUT2D eigenvalue weighted by molar-refractivity contribution is 7.71. The van der Waals surface area contributed by atoms with E-state index in [0.29, 0.717) is 11.2 Å². The molecule has 13 nitrogen and oxygen atoms in total. The van der Waals surface area contributed by atoms with Crippen LogP contribution < -0.4 is 0 Å². The summed E-state index contributed by atoms with van der Waals surface area (Å²) in [4.78, 5) is 59.0. The fourth-order valence-corrected chi connectivity index (χ4v) is 3.59. The van der Waals surface area contributed by atoms with E-state index in [1.807, 2.05) is 0 Å². The Morgan fingerprint density at radius 2 is 1.59 bits per heavy atom. The normalized spacial score (nSPS) is 25.1. The van der Waals surface area contributed by atoms with Crippen molar-refractivity contribution in [1.29, 1.82) is 0 Å². The number of H-pyrrole nitrogens is 1. The second kappa shape index (κ2) is 9.40. The van der Waals surface area contributed by atoms with Crippen LogP contribution in [-0.4, -0.2) is 74.9 Å². The molecule has 5 atom stereocenters. The van der Waals surface area contributed by atoms with Crippen LogP contribution >= 0.6 is 12.2 Å². The molecule has 2 aromatic heterocycles. The van der Waals surface area contributed by atoms with E-state index in [4.69, 9.17) is 35.9 Å².